The number of imidazole rings is 1. The van der Waals surface area contributed by atoms with Gasteiger partial charge in [-0.05, 0) is 37.5 Å². The number of aromatic nitrogens is 2. The maximum Gasteiger partial charge on any atom is 0.335 e. The Hall–Kier alpha value is -2.12. The molecule has 0 radical (unpaired) electrons. The van der Waals surface area contributed by atoms with Crippen molar-refractivity contribution in [2.45, 2.75) is 38.8 Å². The van der Waals surface area contributed by atoms with Gasteiger partial charge in [0.1, 0.15) is 0 Å². The number of piperidine rings is 1. The van der Waals surface area contributed by atoms with Crippen LogP contribution in [0.15, 0.2) is 18.2 Å². The number of β-amino-alcohol motifs (C(OH)–C–C–N with tert-alkyl or cyclic N) is 1. The molecule has 3 rings (SSSR count). The number of anilines is 1. The number of rotatable bonds is 4. The quantitative estimate of drug-likeness (QED) is 0.881. The summed E-state index contributed by atoms with van der Waals surface area (Å²) in [7, 11) is 0. The molecule has 7 heteroatoms. The number of aromatic carboxylic acids is 1. The largest absolute Gasteiger partial charge is 0.478 e. The zero-order valence-corrected chi connectivity index (χ0v) is 13.2. The molecule has 0 amide bonds. The van der Waals surface area contributed by atoms with Gasteiger partial charge in [-0.25, -0.2) is 9.78 Å². The molecule has 0 saturated carbocycles. The summed E-state index contributed by atoms with van der Waals surface area (Å²) in [6.45, 7) is 4.38. The van der Waals surface area contributed by atoms with E-state index in [4.69, 9.17) is 5.11 Å². The monoisotopic (exact) mass is 321 g/mol. The molecule has 126 valence electrons. The van der Waals surface area contributed by atoms with Gasteiger partial charge in [-0.1, -0.05) is 6.92 Å². The molecule has 1 aromatic heterocycles. The van der Waals surface area contributed by atoms with E-state index >= 15 is 0 Å². The van der Waals surface area contributed by atoms with Gasteiger partial charge in [-0.3, -0.25) is 0 Å². The number of carboxylic acid groups (broad SMARTS) is 1. The zero-order valence-electron chi connectivity index (χ0n) is 13.2. The van der Waals surface area contributed by atoms with Crippen molar-refractivity contribution in [3.05, 3.63) is 23.8 Å². The van der Waals surface area contributed by atoms with E-state index in [2.05, 4.69) is 21.4 Å². The lowest BCUT2D eigenvalue weighted by molar-refractivity contribution is 0.0697. The average Bonchev–Trinajstić information content (AvgIpc) is 2.86. The number of hydrogen-bond acceptors (Lipinski definition) is 4. The second kappa shape index (κ2) is 6.97. The van der Waals surface area contributed by atoms with Crippen molar-refractivity contribution in [3.63, 3.8) is 0 Å². The van der Waals surface area contributed by atoms with E-state index < -0.39 is 5.97 Å². The molecule has 1 fully saturated rings. The Labute approximate surface area is 134 Å². The van der Waals surface area contributed by atoms with Gasteiger partial charge < -0.3 is 25.2 Å². The van der Waals surface area contributed by atoms with Gasteiger partial charge in [0.2, 0.25) is 5.95 Å². The molecule has 0 bridgehead atoms. The van der Waals surface area contributed by atoms with Gasteiger partial charge in [0.15, 0.2) is 0 Å². The second-order valence-corrected chi connectivity index (χ2v) is 5.81. The second-order valence-electron chi connectivity index (χ2n) is 5.81. The number of hydrogen-bond donors (Lipinski definition) is 2. The van der Waals surface area contributed by atoms with Crippen LogP contribution in [0.1, 0.15) is 36.5 Å². The van der Waals surface area contributed by atoms with Crippen LogP contribution < -0.4 is 4.90 Å². The topological polar surface area (TPSA) is 110 Å². The smallest absolute Gasteiger partial charge is 0.335 e. The lowest BCUT2D eigenvalue weighted by atomic mass is 10.1. The van der Waals surface area contributed by atoms with Crippen molar-refractivity contribution >= 4 is 23.0 Å². The fraction of sp³-hybridized carbons (Fsp3) is 0.500. The van der Waals surface area contributed by atoms with Gasteiger partial charge in [0.05, 0.1) is 22.7 Å². The molecule has 1 atom stereocenters. The van der Waals surface area contributed by atoms with Crippen LogP contribution >= 0.6 is 0 Å². The SMILES string of the molecule is CCCn1c(N2CCCC(O)C2)nc2cc(C(=O)O)ccc21.O. The minimum atomic E-state index is -0.943. The number of carboxylic acids is 1. The summed E-state index contributed by atoms with van der Waals surface area (Å²) < 4.78 is 2.12. The summed E-state index contributed by atoms with van der Waals surface area (Å²) in [5.41, 5.74) is 1.89. The number of benzene rings is 1. The Morgan fingerprint density at radius 3 is 2.87 bits per heavy atom. The third-order valence-corrected chi connectivity index (χ3v) is 4.10. The van der Waals surface area contributed by atoms with Gasteiger partial charge in [-0.15, -0.1) is 0 Å². The molecule has 1 aliphatic rings. The van der Waals surface area contributed by atoms with Crippen LogP contribution in [-0.4, -0.2) is 50.4 Å². The van der Waals surface area contributed by atoms with Gasteiger partial charge >= 0.3 is 5.97 Å². The maximum atomic E-state index is 11.1. The number of fused-ring (bicyclic) bond motifs is 1. The minimum absolute atomic E-state index is 0. The molecule has 23 heavy (non-hydrogen) atoms. The molecule has 4 N–H and O–H groups in total. The molecule has 1 aromatic carbocycles. The third kappa shape index (κ3) is 3.30. The van der Waals surface area contributed by atoms with Crippen LogP contribution in [-0.2, 0) is 6.54 Å². The zero-order chi connectivity index (χ0) is 15.7. The van der Waals surface area contributed by atoms with Crippen LogP contribution in [0.4, 0.5) is 5.95 Å². The molecule has 7 nitrogen and oxygen atoms in total. The molecule has 1 unspecified atom stereocenters. The third-order valence-electron chi connectivity index (χ3n) is 4.10. The van der Waals surface area contributed by atoms with E-state index in [0.717, 1.165) is 43.8 Å². The Balaban J connectivity index is 0.00000192. The fourth-order valence-corrected chi connectivity index (χ4v) is 3.07. The molecule has 0 aliphatic carbocycles. The fourth-order valence-electron chi connectivity index (χ4n) is 3.07. The first-order chi connectivity index (χ1) is 10.6. The van der Waals surface area contributed by atoms with E-state index in [0.29, 0.717) is 12.1 Å². The van der Waals surface area contributed by atoms with E-state index in [9.17, 15) is 9.90 Å². The number of aliphatic hydroxyl groups is 1. The normalized spacial score (nSPS) is 18.0. The summed E-state index contributed by atoms with van der Waals surface area (Å²) in [6, 6.07) is 5.06. The van der Waals surface area contributed by atoms with Crippen molar-refractivity contribution in [3.8, 4) is 0 Å². The first-order valence-electron chi connectivity index (χ1n) is 7.76. The summed E-state index contributed by atoms with van der Waals surface area (Å²) in [5.74, 6) is -0.111. The van der Waals surface area contributed by atoms with Gasteiger partial charge in [0, 0.05) is 19.6 Å². The van der Waals surface area contributed by atoms with E-state index in [-0.39, 0.29) is 17.1 Å². The van der Waals surface area contributed by atoms with Crippen molar-refractivity contribution in [2.75, 3.05) is 18.0 Å². The highest BCUT2D eigenvalue weighted by atomic mass is 16.4. The maximum absolute atomic E-state index is 11.1. The van der Waals surface area contributed by atoms with Gasteiger partial charge in [0.25, 0.3) is 0 Å². The Bertz CT molecular complexity index is 698. The molecule has 1 aliphatic heterocycles. The van der Waals surface area contributed by atoms with Crippen LogP contribution in [0.5, 0.6) is 0 Å². The molecule has 1 saturated heterocycles. The predicted octanol–water partition coefficient (Wildman–Crippen LogP) is 1.28. The Morgan fingerprint density at radius 1 is 1.43 bits per heavy atom. The summed E-state index contributed by atoms with van der Waals surface area (Å²) in [6.07, 6.45) is 2.42. The summed E-state index contributed by atoms with van der Waals surface area (Å²) in [5, 5.41) is 19.0. The summed E-state index contributed by atoms with van der Waals surface area (Å²) in [4.78, 5) is 17.9. The van der Waals surface area contributed by atoms with Gasteiger partial charge in [-0.2, -0.15) is 0 Å². The first kappa shape index (κ1) is 17.2. The van der Waals surface area contributed by atoms with Crippen LogP contribution in [0.2, 0.25) is 0 Å². The highest BCUT2D eigenvalue weighted by molar-refractivity contribution is 5.93. The van der Waals surface area contributed by atoms with Crippen molar-refractivity contribution in [1.82, 2.24) is 9.55 Å². The van der Waals surface area contributed by atoms with E-state index in [1.54, 1.807) is 12.1 Å². The predicted molar refractivity (Wildman–Crippen MR) is 88.1 cm³/mol. The van der Waals surface area contributed by atoms with E-state index in [1.807, 2.05) is 6.07 Å². The lowest BCUT2D eigenvalue weighted by Crippen LogP contribution is -2.39. The minimum Gasteiger partial charge on any atom is -0.478 e. The lowest BCUT2D eigenvalue weighted by Gasteiger charge is -2.31. The van der Waals surface area contributed by atoms with Crippen LogP contribution in [0.3, 0.4) is 0 Å². The Kier molecular flexibility index (Phi) is 5.23. The number of aryl methyl sites for hydroxylation is 1. The molecular weight excluding hydrogens is 298 g/mol. The van der Waals surface area contributed by atoms with Crippen LogP contribution in [0, 0.1) is 0 Å². The van der Waals surface area contributed by atoms with Crippen molar-refractivity contribution in [2.24, 2.45) is 0 Å². The van der Waals surface area contributed by atoms with Crippen molar-refractivity contribution < 1.29 is 20.5 Å². The molecule has 2 aromatic rings. The van der Waals surface area contributed by atoms with Crippen LogP contribution in [0.25, 0.3) is 11.0 Å². The highest BCUT2D eigenvalue weighted by Gasteiger charge is 2.23. The van der Waals surface area contributed by atoms with E-state index in [1.165, 1.54) is 0 Å². The molecular formula is C16H23N3O4. The summed E-state index contributed by atoms with van der Waals surface area (Å²) >= 11 is 0. The first-order valence-corrected chi connectivity index (χ1v) is 7.76. The molecule has 2 heterocycles. The number of carbonyl (C=O) groups is 1. The average molecular weight is 321 g/mol. The molecule has 0 spiro atoms. The number of nitrogens with zero attached hydrogens (tertiary/aromatic N) is 3. The standard InChI is InChI=1S/C16H21N3O3.H2O/c1-2-7-19-14-6-5-11(15(21)22)9-13(14)17-16(19)18-8-3-4-12(20)10-18;/h5-6,9,12,20H,2-4,7-8,10H2,1H3,(H,21,22);1H2. The van der Waals surface area contributed by atoms with Crippen molar-refractivity contribution in [1.29, 1.82) is 0 Å². The Morgan fingerprint density at radius 2 is 2.22 bits per heavy atom. The highest BCUT2D eigenvalue weighted by Crippen LogP contribution is 2.26. The number of aliphatic hydroxyl groups excluding tert-OH is 1.